The van der Waals surface area contributed by atoms with Crippen LogP contribution < -0.4 is 10.1 Å². The number of nitrogens with one attached hydrogen (secondary N) is 1. The molecule has 1 aliphatic carbocycles. The van der Waals surface area contributed by atoms with Crippen LogP contribution in [0.5, 0.6) is 5.75 Å². The fourth-order valence-corrected chi connectivity index (χ4v) is 1.96. The van der Waals surface area contributed by atoms with Crippen molar-refractivity contribution in [2.45, 2.75) is 19.9 Å². The maximum absolute atomic E-state index is 5.82. The lowest BCUT2D eigenvalue weighted by molar-refractivity contribution is 0.419. The van der Waals surface area contributed by atoms with Crippen LogP contribution in [0.2, 0.25) is 0 Å². The lowest BCUT2D eigenvalue weighted by atomic mass is 9.96. The summed E-state index contributed by atoms with van der Waals surface area (Å²) in [4.78, 5) is 0. The molecule has 0 radical (unpaired) electrons. The average molecular weight is 229 g/mol. The largest absolute Gasteiger partial charge is 0.458 e. The van der Waals surface area contributed by atoms with Crippen molar-refractivity contribution < 1.29 is 4.74 Å². The lowest BCUT2D eigenvalue weighted by Crippen LogP contribution is -2.31. The van der Waals surface area contributed by atoms with Gasteiger partial charge in [-0.05, 0) is 44.2 Å². The predicted molar refractivity (Wildman–Crippen MR) is 71.0 cm³/mol. The number of benzene rings is 1. The summed E-state index contributed by atoms with van der Waals surface area (Å²) in [5.74, 6) is 2.26. The van der Waals surface area contributed by atoms with Crippen molar-refractivity contribution in [1.82, 2.24) is 5.32 Å². The summed E-state index contributed by atoms with van der Waals surface area (Å²) in [6.45, 7) is 4.26. The summed E-state index contributed by atoms with van der Waals surface area (Å²) in [6, 6.07) is 8.52. The van der Waals surface area contributed by atoms with Crippen LogP contribution in [-0.4, -0.2) is 13.1 Å². The fourth-order valence-electron chi connectivity index (χ4n) is 1.96. The maximum atomic E-state index is 5.82. The Bertz CT molecular complexity index is 431. The molecule has 0 aliphatic heterocycles. The number of ether oxygens (including phenoxy) is 1. The quantitative estimate of drug-likeness (QED) is 0.860. The van der Waals surface area contributed by atoms with Gasteiger partial charge in [0.2, 0.25) is 0 Å². The standard InChI is InChI=1S/C15H19NO/c1-11-4-6-13(7-5-11)17-14-8-9-15(16-3)12(2)10-14/h4-10,12,15-16H,1-3H3. The van der Waals surface area contributed by atoms with Gasteiger partial charge >= 0.3 is 0 Å². The highest BCUT2D eigenvalue weighted by Gasteiger charge is 2.15. The minimum atomic E-state index is 0.403. The van der Waals surface area contributed by atoms with Crippen molar-refractivity contribution in [3.05, 3.63) is 53.8 Å². The summed E-state index contributed by atoms with van der Waals surface area (Å²) in [5, 5.41) is 3.26. The van der Waals surface area contributed by atoms with Gasteiger partial charge in [0.25, 0.3) is 0 Å². The van der Waals surface area contributed by atoms with E-state index in [1.165, 1.54) is 5.56 Å². The highest BCUT2D eigenvalue weighted by atomic mass is 16.5. The van der Waals surface area contributed by atoms with Crippen LogP contribution in [0.3, 0.4) is 0 Å². The van der Waals surface area contributed by atoms with Gasteiger partial charge in [-0.25, -0.2) is 0 Å². The minimum absolute atomic E-state index is 0.403. The molecule has 0 spiro atoms. The Hall–Kier alpha value is -1.54. The number of hydrogen-bond donors (Lipinski definition) is 1. The Morgan fingerprint density at radius 3 is 2.47 bits per heavy atom. The molecule has 1 aliphatic rings. The second-order valence-corrected chi connectivity index (χ2v) is 4.52. The zero-order valence-electron chi connectivity index (χ0n) is 10.6. The van der Waals surface area contributed by atoms with Gasteiger partial charge in [0.1, 0.15) is 11.5 Å². The summed E-state index contributed by atoms with van der Waals surface area (Å²) < 4.78 is 5.82. The van der Waals surface area contributed by atoms with Gasteiger partial charge in [-0.2, -0.15) is 0 Å². The van der Waals surface area contributed by atoms with E-state index in [9.17, 15) is 0 Å². The summed E-state index contributed by atoms with van der Waals surface area (Å²) in [6.07, 6.45) is 6.33. The number of allylic oxidation sites excluding steroid dienone is 1. The Labute approximate surface area is 103 Å². The third-order valence-corrected chi connectivity index (χ3v) is 3.05. The van der Waals surface area contributed by atoms with Gasteiger partial charge in [-0.15, -0.1) is 0 Å². The van der Waals surface area contributed by atoms with Crippen LogP contribution >= 0.6 is 0 Å². The molecule has 2 unspecified atom stereocenters. The van der Waals surface area contributed by atoms with E-state index in [1.807, 2.05) is 25.3 Å². The molecule has 1 aromatic carbocycles. The van der Waals surface area contributed by atoms with E-state index in [-0.39, 0.29) is 0 Å². The molecule has 17 heavy (non-hydrogen) atoms. The van der Waals surface area contributed by atoms with Crippen molar-refractivity contribution in [1.29, 1.82) is 0 Å². The number of likely N-dealkylation sites (N-methyl/N-ethyl adjacent to an activating group) is 1. The van der Waals surface area contributed by atoms with Gasteiger partial charge in [0, 0.05) is 6.04 Å². The van der Waals surface area contributed by atoms with E-state index < -0.39 is 0 Å². The minimum Gasteiger partial charge on any atom is -0.458 e. The molecule has 0 saturated carbocycles. The van der Waals surface area contributed by atoms with Gasteiger partial charge in [-0.3, -0.25) is 0 Å². The lowest BCUT2D eigenvalue weighted by Gasteiger charge is -2.22. The maximum Gasteiger partial charge on any atom is 0.127 e. The highest BCUT2D eigenvalue weighted by molar-refractivity contribution is 5.31. The van der Waals surface area contributed by atoms with Gasteiger partial charge in [-0.1, -0.05) is 30.7 Å². The third kappa shape index (κ3) is 2.98. The van der Waals surface area contributed by atoms with E-state index in [0.29, 0.717) is 12.0 Å². The van der Waals surface area contributed by atoms with Crippen molar-refractivity contribution >= 4 is 0 Å². The first-order chi connectivity index (χ1) is 8.19. The monoisotopic (exact) mass is 229 g/mol. The third-order valence-electron chi connectivity index (χ3n) is 3.05. The summed E-state index contributed by atoms with van der Waals surface area (Å²) in [7, 11) is 1.98. The fraction of sp³-hybridized carbons (Fsp3) is 0.333. The van der Waals surface area contributed by atoms with E-state index in [1.54, 1.807) is 0 Å². The average Bonchev–Trinajstić information content (AvgIpc) is 2.32. The van der Waals surface area contributed by atoms with Crippen LogP contribution in [0.25, 0.3) is 0 Å². The first-order valence-electron chi connectivity index (χ1n) is 6.01. The van der Waals surface area contributed by atoms with Crippen molar-refractivity contribution in [2.75, 3.05) is 7.05 Å². The Balaban J connectivity index is 2.06. The van der Waals surface area contributed by atoms with Crippen molar-refractivity contribution in [2.24, 2.45) is 5.92 Å². The Kier molecular flexibility index (Phi) is 3.64. The number of rotatable bonds is 3. The van der Waals surface area contributed by atoms with Crippen LogP contribution in [0, 0.1) is 12.8 Å². The first kappa shape index (κ1) is 11.9. The molecule has 0 amide bonds. The second kappa shape index (κ2) is 5.19. The van der Waals surface area contributed by atoms with Gasteiger partial charge < -0.3 is 10.1 Å². The molecule has 0 heterocycles. The molecule has 0 aromatic heterocycles. The second-order valence-electron chi connectivity index (χ2n) is 4.52. The van der Waals surface area contributed by atoms with E-state index in [2.05, 4.69) is 43.4 Å². The van der Waals surface area contributed by atoms with E-state index >= 15 is 0 Å². The molecule has 1 N–H and O–H groups in total. The summed E-state index contributed by atoms with van der Waals surface area (Å²) in [5.41, 5.74) is 1.24. The van der Waals surface area contributed by atoms with Gasteiger partial charge in [0.15, 0.2) is 0 Å². The first-order valence-corrected chi connectivity index (χ1v) is 6.01. The molecule has 0 bridgehead atoms. The zero-order valence-corrected chi connectivity index (χ0v) is 10.6. The van der Waals surface area contributed by atoms with E-state index in [0.717, 1.165) is 11.5 Å². The van der Waals surface area contributed by atoms with Crippen LogP contribution in [0.1, 0.15) is 12.5 Å². The molecule has 2 atom stereocenters. The molecule has 2 nitrogen and oxygen atoms in total. The molecular formula is C15H19NO. The van der Waals surface area contributed by atoms with Crippen LogP contribution in [0.15, 0.2) is 48.3 Å². The van der Waals surface area contributed by atoms with E-state index in [4.69, 9.17) is 4.74 Å². The molecule has 0 fully saturated rings. The number of hydrogen-bond acceptors (Lipinski definition) is 2. The topological polar surface area (TPSA) is 21.3 Å². The SMILES string of the molecule is CNC1C=CC(Oc2ccc(C)cc2)=CC1C. The molecule has 2 rings (SSSR count). The van der Waals surface area contributed by atoms with Crippen LogP contribution in [-0.2, 0) is 0 Å². The van der Waals surface area contributed by atoms with Crippen LogP contribution in [0.4, 0.5) is 0 Å². The molecular weight excluding hydrogens is 210 g/mol. The molecule has 0 saturated heterocycles. The Morgan fingerprint density at radius 1 is 1.18 bits per heavy atom. The number of aryl methyl sites for hydroxylation is 1. The van der Waals surface area contributed by atoms with Crippen molar-refractivity contribution in [3.63, 3.8) is 0 Å². The molecule has 1 aromatic rings. The molecule has 2 heteroatoms. The predicted octanol–water partition coefficient (Wildman–Crippen LogP) is 3.05. The summed E-state index contributed by atoms with van der Waals surface area (Å²) >= 11 is 0. The molecule has 90 valence electrons. The zero-order chi connectivity index (χ0) is 12.3. The smallest absolute Gasteiger partial charge is 0.127 e. The highest BCUT2D eigenvalue weighted by Crippen LogP contribution is 2.21. The Morgan fingerprint density at radius 2 is 1.88 bits per heavy atom. The van der Waals surface area contributed by atoms with Gasteiger partial charge in [0.05, 0.1) is 0 Å². The van der Waals surface area contributed by atoms with Crippen molar-refractivity contribution in [3.8, 4) is 5.75 Å². The normalized spacial score (nSPS) is 23.4.